The number of hydrogen-bond donors (Lipinski definition) is 1. The number of carbonyl (C=O) groups excluding carboxylic acids is 1. The monoisotopic (exact) mass is 289 g/mol. The first-order valence-electron chi connectivity index (χ1n) is 8.10. The van der Waals surface area contributed by atoms with Crippen LogP contribution in [0.2, 0.25) is 0 Å². The minimum Gasteiger partial charge on any atom is -0.383 e. The van der Waals surface area contributed by atoms with Crippen molar-refractivity contribution in [3.8, 4) is 0 Å². The predicted octanol–water partition coefficient (Wildman–Crippen LogP) is 3.41. The van der Waals surface area contributed by atoms with Gasteiger partial charge in [-0.2, -0.15) is 0 Å². The number of carbonyl (C=O) groups is 1. The van der Waals surface area contributed by atoms with Crippen LogP contribution in [-0.4, -0.2) is 35.4 Å². The van der Waals surface area contributed by atoms with Crippen molar-refractivity contribution >= 4 is 11.6 Å². The van der Waals surface area contributed by atoms with Crippen molar-refractivity contribution in [2.45, 2.75) is 40.0 Å². The van der Waals surface area contributed by atoms with Crippen molar-refractivity contribution in [3.63, 3.8) is 0 Å². The second kappa shape index (κ2) is 7.43. The second-order valence-corrected chi connectivity index (χ2v) is 6.22. The van der Waals surface area contributed by atoms with Gasteiger partial charge < -0.3 is 10.2 Å². The molecule has 1 saturated heterocycles. The van der Waals surface area contributed by atoms with Crippen LogP contribution in [0, 0.1) is 11.8 Å². The number of anilines is 1. The van der Waals surface area contributed by atoms with Gasteiger partial charge in [-0.3, -0.25) is 9.78 Å². The smallest absolute Gasteiger partial charge is 0.256 e. The van der Waals surface area contributed by atoms with Gasteiger partial charge in [0, 0.05) is 25.8 Å². The highest BCUT2D eigenvalue weighted by atomic mass is 16.2. The first kappa shape index (κ1) is 15.8. The van der Waals surface area contributed by atoms with E-state index in [0.717, 1.165) is 56.1 Å². The van der Waals surface area contributed by atoms with Gasteiger partial charge in [0.15, 0.2) is 0 Å². The van der Waals surface area contributed by atoms with Crippen LogP contribution < -0.4 is 5.32 Å². The molecule has 2 rings (SSSR count). The fraction of sp³-hybridized carbons (Fsp3) is 0.647. The number of nitrogens with zero attached hydrogens (tertiary/aromatic N) is 2. The third-order valence-corrected chi connectivity index (χ3v) is 4.39. The summed E-state index contributed by atoms with van der Waals surface area (Å²) in [6.07, 6.45) is 6.72. The molecule has 1 amide bonds. The minimum absolute atomic E-state index is 0.137. The third-order valence-electron chi connectivity index (χ3n) is 4.39. The number of aromatic nitrogens is 1. The average molecular weight is 289 g/mol. The van der Waals surface area contributed by atoms with E-state index in [0.29, 0.717) is 5.92 Å². The standard InChI is InChI=1S/C17H27N3O/c1-4-8-19-16-12-18-9-5-15(16)17(21)20-10-6-14(7-11-20)13(2)3/h5,9,12-14,19H,4,6-8,10-11H2,1-3H3. The van der Waals surface area contributed by atoms with Gasteiger partial charge in [-0.15, -0.1) is 0 Å². The Labute approximate surface area is 127 Å². The molecule has 4 nitrogen and oxygen atoms in total. The summed E-state index contributed by atoms with van der Waals surface area (Å²) < 4.78 is 0. The highest BCUT2D eigenvalue weighted by Crippen LogP contribution is 2.26. The van der Waals surface area contributed by atoms with E-state index in [1.165, 1.54) is 0 Å². The summed E-state index contributed by atoms with van der Waals surface area (Å²) in [5.41, 5.74) is 1.61. The number of likely N-dealkylation sites (tertiary alicyclic amines) is 1. The first-order chi connectivity index (χ1) is 10.1. The molecule has 0 aliphatic carbocycles. The van der Waals surface area contributed by atoms with Crippen molar-refractivity contribution < 1.29 is 4.79 Å². The van der Waals surface area contributed by atoms with E-state index < -0.39 is 0 Å². The summed E-state index contributed by atoms with van der Waals surface area (Å²) >= 11 is 0. The van der Waals surface area contributed by atoms with Crippen LogP contribution in [0.25, 0.3) is 0 Å². The largest absolute Gasteiger partial charge is 0.383 e. The number of pyridine rings is 1. The van der Waals surface area contributed by atoms with Gasteiger partial charge in [-0.1, -0.05) is 20.8 Å². The van der Waals surface area contributed by atoms with E-state index in [2.05, 4.69) is 31.1 Å². The Kier molecular flexibility index (Phi) is 5.59. The van der Waals surface area contributed by atoms with E-state index in [4.69, 9.17) is 0 Å². The number of amides is 1. The van der Waals surface area contributed by atoms with E-state index in [9.17, 15) is 4.79 Å². The average Bonchev–Trinajstić information content (AvgIpc) is 2.52. The summed E-state index contributed by atoms with van der Waals surface area (Å²) in [5, 5.41) is 3.30. The van der Waals surface area contributed by atoms with E-state index in [-0.39, 0.29) is 5.91 Å². The molecule has 0 saturated carbocycles. The minimum atomic E-state index is 0.137. The van der Waals surface area contributed by atoms with Crippen LogP contribution in [0.1, 0.15) is 50.4 Å². The summed E-state index contributed by atoms with van der Waals surface area (Å²) in [6.45, 7) is 9.27. The molecule has 0 atom stereocenters. The predicted molar refractivity (Wildman–Crippen MR) is 86.5 cm³/mol. The number of nitrogens with one attached hydrogen (secondary N) is 1. The summed E-state index contributed by atoms with van der Waals surface area (Å²) in [5.74, 6) is 1.60. The number of hydrogen-bond acceptors (Lipinski definition) is 3. The molecule has 0 spiro atoms. The number of rotatable bonds is 5. The Bertz CT molecular complexity index is 465. The fourth-order valence-corrected chi connectivity index (χ4v) is 2.92. The SMILES string of the molecule is CCCNc1cnccc1C(=O)N1CCC(C(C)C)CC1. The molecule has 2 heterocycles. The molecule has 0 unspecified atom stereocenters. The van der Waals surface area contributed by atoms with Crippen LogP contribution in [0.15, 0.2) is 18.5 Å². The van der Waals surface area contributed by atoms with Crippen molar-refractivity contribution in [2.75, 3.05) is 25.0 Å². The maximum atomic E-state index is 12.7. The quantitative estimate of drug-likeness (QED) is 0.903. The van der Waals surface area contributed by atoms with E-state index in [1.807, 2.05) is 11.0 Å². The Balaban J connectivity index is 2.04. The lowest BCUT2D eigenvalue weighted by molar-refractivity contribution is 0.0668. The maximum Gasteiger partial charge on any atom is 0.256 e. The van der Waals surface area contributed by atoms with Gasteiger partial charge in [-0.05, 0) is 37.2 Å². The molecule has 1 aromatic heterocycles. The zero-order valence-electron chi connectivity index (χ0n) is 13.4. The molecular weight excluding hydrogens is 262 g/mol. The van der Waals surface area contributed by atoms with Gasteiger partial charge in [-0.25, -0.2) is 0 Å². The van der Waals surface area contributed by atoms with Crippen molar-refractivity contribution in [1.82, 2.24) is 9.88 Å². The highest BCUT2D eigenvalue weighted by Gasteiger charge is 2.26. The highest BCUT2D eigenvalue weighted by molar-refractivity contribution is 5.99. The molecule has 1 aliphatic rings. The lowest BCUT2D eigenvalue weighted by atomic mass is 9.86. The zero-order chi connectivity index (χ0) is 15.2. The normalized spacial score (nSPS) is 16.3. The number of piperidine rings is 1. The van der Waals surface area contributed by atoms with Gasteiger partial charge in [0.05, 0.1) is 17.4 Å². The topological polar surface area (TPSA) is 45.2 Å². The lowest BCUT2D eigenvalue weighted by Crippen LogP contribution is -2.39. The summed E-state index contributed by atoms with van der Waals surface area (Å²) in [7, 11) is 0. The van der Waals surface area contributed by atoms with E-state index in [1.54, 1.807) is 12.4 Å². The molecule has 0 radical (unpaired) electrons. The van der Waals surface area contributed by atoms with Crippen LogP contribution in [0.4, 0.5) is 5.69 Å². The molecular formula is C17H27N3O. The molecule has 1 aliphatic heterocycles. The van der Waals surface area contributed by atoms with Gasteiger partial charge in [0.25, 0.3) is 5.91 Å². The van der Waals surface area contributed by atoms with Crippen molar-refractivity contribution in [1.29, 1.82) is 0 Å². The maximum absolute atomic E-state index is 12.7. The Hall–Kier alpha value is -1.58. The summed E-state index contributed by atoms with van der Waals surface area (Å²) in [6, 6.07) is 1.83. The zero-order valence-corrected chi connectivity index (χ0v) is 13.4. The molecule has 0 bridgehead atoms. The van der Waals surface area contributed by atoms with Gasteiger partial charge >= 0.3 is 0 Å². The molecule has 1 N–H and O–H groups in total. The van der Waals surface area contributed by atoms with Crippen molar-refractivity contribution in [2.24, 2.45) is 11.8 Å². The van der Waals surface area contributed by atoms with Crippen molar-refractivity contribution in [3.05, 3.63) is 24.0 Å². The molecule has 4 heteroatoms. The second-order valence-electron chi connectivity index (χ2n) is 6.22. The third kappa shape index (κ3) is 3.96. The Morgan fingerprint density at radius 2 is 2.14 bits per heavy atom. The molecule has 116 valence electrons. The summed E-state index contributed by atoms with van der Waals surface area (Å²) in [4.78, 5) is 18.8. The van der Waals surface area contributed by atoms with Gasteiger partial charge in [0.1, 0.15) is 0 Å². The first-order valence-corrected chi connectivity index (χ1v) is 8.10. The van der Waals surface area contributed by atoms with Gasteiger partial charge in [0.2, 0.25) is 0 Å². The Morgan fingerprint density at radius 3 is 2.76 bits per heavy atom. The Morgan fingerprint density at radius 1 is 1.43 bits per heavy atom. The van der Waals surface area contributed by atoms with E-state index >= 15 is 0 Å². The molecule has 1 aromatic rings. The fourth-order valence-electron chi connectivity index (χ4n) is 2.92. The van der Waals surface area contributed by atoms with Crippen LogP contribution >= 0.6 is 0 Å². The molecule has 1 fully saturated rings. The molecule has 21 heavy (non-hydrogen) atoms. The molecule has 0 aromatic carbocycles. The van der Waals surface area contributed by atoms with Crippen LogP contribution in [0.3, 0.4) is 0 Å². The van der Waals surface area contributed by atoms with Crippen LogP contribution in [0.5, 0.6) is 0 Å². The lowest BCUT2D eigenvalue weighted by Gasteiger charge is -2.34. The van der Waals surface area contributed by atoms with Crippen LogP contribution in [-0.2, 0) is 0 Å².